The summed E-state index contributed by atoms with van der Waals surface area (Å²) < 4.78 is 39.7. The molecule has 0 spiro atoms. The molecule has 0 saturated heterocycles. The highest BCUT2D eigenvalue weighted by Crippen LogP contribution is 2.31. The van der Waals surface area contributed by atoms with Crippen molar-refractivity contribution in [3.8, 4) is 5.75 Å². The number of ether oxygens (including phenoxy) is 1. The first kappa shape index (κ1) is 24.4. The predicted octanol–water partition coefficient (Wildman–Crippen LogP) is 6.13. The monoisotopic (exact) mass is 514 g/mol. The van der Waals surface area contributed by atoms with Crippen molar-refractivity contribution in [2.75, 3.05) is 22.8 Å². The molecule has 0 fully saturated rings. The minimum Gasteiger partial charge on any atom is -0.494 e. The normalized spacial score (nSPS) is 11.5. The maximum absolute atomic E-state index is 13.6. The van der Waals surface area contributed by atoms with Crippen LogP contribution in [0.3, 0.4) is 0 Å². The summed E-state index contributed by atoms with van der Waals surface area (Å²) in [6.45, 7) is 3.83. The van der Waals surface area contributed by atoms with E-state index in [1.165, 1.54) is 0 Å². The van der Waals surface area contributed by atoms with Gasteiger partial charge in [-0.2, -0.15) is 0 Å². The largest absolute Gasteiger partial charge is 0.494 e. The van der Waals surface area contributed by atoms with E-state index in [1.54, 1.807) is 60.7 Å². The summed E-state index contributed by atoms with van der Waals surface area (Å²) in [5.41, 5.74) is 3.19. The summed E-state index contributed by atoms with van der Waals surface area (Å²) in [6, 6.07) is 26.3. The van der Waals surface area contributed by atoms with Crippen LogP contribution in [0, 0.1) is 6.92 Å². The van der Waals surface area contributed by atoms with Crippen molar-refractivity contribution >= 4 is 49.2 Å². The summed E-state index contributed by atoms with van der Waals surface area (Å²) in [4.78, 5) is 13.2. The number of aryl methyl sites for hydroxylation is 1. The third-order valence-electron chi connectivity index (χ3n) is 5.99. The Morgan fingerprint density at radius 1 is 0.892 bits per heavy atom. The molecule has 1 heterocycles. The van der Waals surface area contributed by atoms with Gasteiger partial charge in [-0.3, -0.25) is 9.10 Å². The lowest BCUT2D eigenvalue weighted by atomic mass is 10.1. The molecule has 1 N–H and O–H groups in total. The average molecular weight is 515 g/mol. The number of benzene rings is 4. The summed E-state index contributed by atoms with van der Waals surface area (Å²) in [5, 5.41) is 4.74. The van der Waals surface area contributed by atoms with E-state index in [4.69, 9.17) is 9.15 Å². The van der Waals surface area contributed by atoms with Crippen LogP contribution in [0.25, 0.3) is 21.9 Å². The number of para-hydroxylation sites is 1. The van der Waals surface area contributed by atoms with E-state index in [2.05, 4.69) is 5.32 Å². The molecule has 0 bridgehead atoms. The van der Waals surface area contributed by atoms with Crippen molar-refractivity contribution in [1.82, 2.24) is 0 Å². The second-order valence-electron chi connectivity index (χ2n) is 8.61. The van der Waals surface area contributed by atoms with Crippen LogP contribution in [-0.4, -0.2) is 27.5 Å². The van der Waals surface area contributed by atoms with Gasteiger partial charge in [0.15, 0.2) is 0 Å². The minimum absolute atomic E-state index is 0.100. The number of hydrogen-bond acceptors (Lipinski definition) is 5. The van der Waals surface area contributed by atoms with Crippen LogP contribution in [0.15, 0.2) is 100 Å². The van der Waals surface area contributed by atoms with E-state index in [9.17, 15) is 13.2 Å². The molecule has 0 saturated carbocycles. The van der Waals surface area contributed by atoms with Gasteiger partial charge in [-0.1, -0.05) is 35.9 Å². The first-order valence-electron chi connectivity index (χ1n) is 11.9. The average Bonchev–Trinajstić information content (AvgIpc) is 3.26. The van der Waals surface area contributed by atoms with E-state index >= 15 is 0 Å². The second kappa shape index (κ2) is 9.99. The van der Waals surface area contributed by atoms with Crippen molar-refractivity contribution in [3.05, 3.63) is 96.6 Å². The van der Waals surface area contributed by atoms with Gasteiger partial charge >= 0.3 is 0 Å². The van der Waals surface area contributed by atoms with Crippen molar-refractivity contribution < 1.29 is 22.4 Å². The number of hydrogen-bond donors (Lipinski definition) is 1. The lowest BCUT2D eigenvalue weighted by Gasteiger charge is -2.24. The lowest BCUT2D eigenvalue weighted by Crippen LogP contribution is -2.38. The number of nitrogens with zero attached hydrogens (tertiary/aromatic N) is 1. The fraction of sp³-hybridized carbons (Fsp3) is 0.138. The van der Waals surface area contributed by atoms with Gasteiger partial charge in [0.2, 0.25) is 5.91 Å². The molecule has 5 aromatic rings. The van der Waals surface area contributed by atoms with Crippen LogP contribution in [0.5, 0.6) is 5.75 Å². The highest BCUT2D eigenvalue weighted by molar-refractivity contribution is 7.92. The molecule has 0 atom stereocenters. The van der Waals surface area contributed by atoms with Crippen molar-refractivity contribution in [1.29, 1.82) is 0 Å². The molecule has 0 radical (unpaired) electrons. The van der Waals surface area contributed by atoms with Crippen LogP contribution in [-0.2, 0) is 14.8 Å². The van der Waals surface area contributed by atoms with Crippen LogP contribution < -0.4 is 14.4 Å². The molecule has 0 unspecified atom stereocenters. The molecule has 7 nitrogen and oxygen atoms in total. The number of sulfonamides is 1. The molecule has 0 aliphatic heterocycles. The van der Waals surface area contributed by atoms with Gasteiger partial charge in [-0.25, -0.2) is 8.42 Å². The zero-order chi connectivity index (χ0) is 26.0. The quantitative estimate of drug-likeness (QED) is 0.269. The van der Waals surface area contributed by atoms with Gasteiger partial charge < -0.3 is 14.5 Å². The summed E-state index contributed by atoms with van der Waals surface area (Å²) in [7, 11) is -4.02. The van der Waals surface area contributed by atoms with Crippen LogP contribution >= 0.6 is 0 Å². The lowest BCUT2D eigenvalue weighted by molar-refractivity contribution is -0.114. The first-order chi connectivity index (χ1) is 17.8. The number of carbonyl (C=O) groups is 1. The Hall–Kier alpha value is -4.30. The number of furan rings is 1. The Morgan fingerprint density at radius 3 is 2.32 bits per heavy atom. The van der Waals surface area contributed by atoms with Gasteiger partial charge in [0, 0.05) is 22.5 Å². The van der Waals surface area contributed by atoms with E-state index in [1.807, 2.05) is 44.2 Å². The van der Waals surface area contributed by atoms with Crippen LogP contribution in [0.4, 0.5) is 11.4 Å². The smallest absolute Gasteiger partial charge is 0.264 e. The summed E-state index contributed by atoms with van der Waals surface area (Å²) in [5.74, 6) is 0.127. The van der Waals surface area contributed by atoms with Crippen molar-refractivity contribution in [2.45, 2.75) is 18.7 Å². The SMILES string of the molecule is CCOc1ccc(N(CC(=O)Nc2ccc3c(c2)oc2ccccc23)S(=O)(=O)c2ccc(C)cc2)cc1. The van der Waals surface area contributed by atoms with Crippen molar-refractivity contribution in [3.63, 3.8) is 0 Å². The maximum Gasteiger partial charge on any atom is 0.264 e. The fourth-order valence-corrected chi connectivity index (χ4v) is 5.58. The molecule has 0 aliphatic carbocycles. The van der Waals surface area contributed by atoms with Crippen molar-refractivity contribution in [2.24, 2.45) is 0 Å². The van der Waals surface area contributed by atoms with E-state index in [-0.39, 0.29) is 4.90 Å². The molecular weight excluding hydrogens is 488 g/mol. The molecule has 1 amide bonds. The standard InChI is InChI=1S/C29H26N2O5S/c1-3-35-23-13-11-22(12-14-23)31(37(33,34)24-15-8-20(2)9-16-24)19-29(32)30-21-10-17-26-25-6-4-5-7-27(25)36-28(26)18-21/h4-18H,3,19H2,1-2H3,(H,30,32). The summed E-state index contributed by atoms with van der Waals surface area (Å²) in [6.07, 6.45) is 0. The number of rotatable bonds is 8. The molecule has 1 aromatic heterocycles. The number of nitrogens with one attached hydrogen (secondary N) is 1. The molecule has 5 rings (SSSR count). The first-order valence-corrected chi connectivity index (χ1v) is 13.3. The Morgan fingerprint density at radius 2 is 1.59 bits per heavy atom. The Balaban J connectivity index is 1.44. The van der Waals surface area contributed by atoms with Gasteiger partial charge in [0.05, 0.1) is 17.2 Å². The van der Waals surface area contributed by atoms with E-state index in [0.717, 1.165) is 26.2 Å². The van der Waals surface area contributed by atoms with Gasteiger partial charge in [-0.05, 0) is 68.4 Å². The maximum atomic E-state index is 13.6. The third-order valence-corrected chi connectivity index (χ3v) is 7.78. The second-order valence-corrected chi connectivity index (χ2v) is 10.5. The van der Waals surface area contributed by atoms with Gasteiger partial charge in [0.25, 0.3) is 10.0 Å². The Kier molecular flexibility index (Phi) is 6.58. The van der Waals surface area contributed by atoms with Crippen LogP contribution in [0.1, 0.15) is 12.5 Å². The zero-order valence-electron chi connectivity index (χ0n) is 20.5. The molecule has 188 valence electrons. The number of amides is 1. The highest BCUT2D eigenvalue weighted by Gasteiger charge is 2.27. The van der Waals surface area contributed by atoms with Gasteiger partial charge in [0.1, 0.15) is 23.5 Å². The Bertz CT molecular complexity index is 1670. The number of anilines is 2. The predicted molar refractivity (Wildman–Crippen MR) is 146 cm³/mol. The van der Waals surface area contributed by atoms with Crippen LogP contribution in [0.2, 0.25) is 0 Å². The molecule has 37 heavy (non-hydrogen) atoms. The zero-order valence-corrected chi connectivity index (χ0v) is 21.3. The number of carbonyl (C=O) groups excluding carboxylic acids is 1. The minimum atomic E-state index is -4.02. The third kappa shape index (κ3) is 5.01. The Labute approximate surface area is 215 Å². The van der Waals surface area contributed by atoms with E-state index < -0.39 is 22.5 Å². The summed E-state index contributed by atoms with van der Waals surface area (Å²) >= 11 is 0. The molecule has 8 heteroatoms. The molecule has 0 aliphatic rings. The fourth-order valence-electron chi connectivity index (χ4n) is 4.16. The number of fused-ring (bicyclic) bond motifs is 3. The van der Waals surface area contributed by atoms with Gasteiger partial charge in [-0.15, -0.1) is 0 Å². The topological polar surface area (TPSA) is 88.8 Å². The molecule has 4 aromatic carbocycles. The van der Waals surface area contributed by atoms with E-state index in [0.29, 0.717) is 29.3 Å². The molecular formula is C29H26N2O5S. The highest BCUT2D eigenvalue weighted by atomic mass is 32.2.